The number of hydrogen-bond acceptors (Lipinski definition) is 2. The Labute approximate surface area is 107 Å². The molecule has 1 aliphatic carbocycles. The first kappa shape index (κ1) is 13.0. The zero-order valence-electron chi connectivity index (χ0n) is 10.6. The predicted octanol–water partition coefficient (Wildman–Crippen LogP) is 1.99. The van der Waals surface area contributed by atoms with Gasteiger partial charge in [0.15, 0.2) is 0 Å². The first-order valence-corrected chi connectivity index (χ1v) is 6.36. The summed E-state index contributed by atoms with van der Waals surface area (Å²) in [4.78, 5) is 11.9. The van der Waals surface area contributed by atoms with Gasteiger partial charge >= 0.3 is 0 Å². The van der Waals surface area contributed by atoms with Crippen LogP contribution < -0.4 is 11.1 Å². The van der Waals surface area contributed by atoms with Gasteiger partial charge < -0.3 is 11.1 Å². The lowest BCUT2D eigenvalue weighted by Gasteiger charge is -2.11. The lowest BCUT2D eigenvalue weighted by atomic mass is 10.1. The third kappa shape index (κ3) is 3.07. The fraction of sp³-hybridized carbons (Fsp3) is 0.500. The largest absolute Gasteiger partial charge is 0.352 e. The van der Waals surface area contributed by atoms with E-state index in [0.717, 1.165) is 24.8 Å². The molecule has 2 rings (SSSR count). The number of carbonyl (C=O) groups is 1. The fourth-order valence-electron chi connectivity index (χ4n) is 2.44. The average molecular weight is 250 g/mol. The zero-order chi connectivity index (χ0) is 13.1. The highest BCUT2D eigenvalue weighted by Gasteiger charge is 2.22. The minimum Gasteiger partial charge on any atom is -0.352 e. The Balaban J connectivity index is 1.93. The maximum absolute atomic E-state index is 13.5. The topological polar surface area (TPSA) is 55.1 Å². The average Bonchev–Trinajstić information content (AvgIpc) is 2.75. The van der Waals surface area contributed by atoms with Gasteiger partial charge in [0, 0.05) is 12.6 Å². The summed E-state index contributed by atoms with van der Waals surface area (Å²) in [5.74, 6) is -0.380. The van der Waals surface area contributed by atoms with Crippen molar-refractivity contribution in [3.05, 3.63) is 35.1 Å². The number of nitrogens with one attached hydrogen (secondary N) is 1. The molecule has 0 aliphatic heterocycles. The summed E-state index contributed by atoms with van der Waals surface area (Å²) in [6, 6.07) is 4.81. The molecule has 0 aromatic heterocycles. The molecule has 1 aromatic carbocycles. The van der Waals surface area contributed by atoms with Crippen LogP contribution in [0.4, 0.5) is 4.39 Å². The Bertz CT molecular complexity index is 447. The molecule has 0 saturated heterocycles. The van der Waals surface area contributed by atoms with Gasteiger partial charge in [-0.25, -0.2) is 4.39 Å². The van der Waals surface area contributed by atoms with Crippen molar-refractivity contribution in [2.45, 2.75) is 32.2 Å². The van der Waals surface area contributed by atoms with E-state index in [4.69, 9.17) is 5.73 Å². The number of aryl methyl sites for hydroxylation is 1. The Hall–Kier alpha value is -1.42. The van der Waals surface area contributed by atoms with Crippen LogP contribution in [0.1, 0.15) is 35.2 Å². The summed E-state index contributed by atoms with van der Waals surface area (Å²) < 4.78 is 13.5. The van der Waals surface area contributed by atoms with Gasteiger partial charge in [-0.3, -0.25) is 4.79 Å². The van der Waals surface area contributed by atoms with Crippen molar-refractivity contribution in [2.24, 2.45) is 11.7 Å². The number of nitrogens with two attached hydrogens (primary N) is 1. The molecular weight excluding hydrogens is 231 g/mol. The first-order valence-electron chi connectivity index (χ1n) is 6.36. The Kier molecular flexibility index (Phi) is 3.97. The predicted molar refractivity (Wildman–Crippen MR) is 68.8 cm³/mol. The molecule has 98 valence electrons. The maximum Gasteiger partial charge on any atom is 0.254 e. The number of amides is 1. The number of hydrogen-bond donors (Lipinski definition) is 2. The molecule has 18 heavy (non-hydrogen) atoms. The molecule has 1 amide bonds. The second-order valence-electron chi connectivity index (χ2n) is 5.13. The van der Waals surface area contributed by atoms with E-state index in [1.165, 1.54) is 6.07 Å². The Morgan fingerprint density at radius 1 is 1.50 bits per heavy atom. The molecular formula is C14H19FN2O. The van der Waals surface area contributed by atoms with Crippen molar-refractivity contribution in [1.29, 1.82) is 0 Å². The SMILES string of the molecule is Cc1ccc(F)c(C(=O)NCC2CCC(N)C2)c1. The molecule has 1 aliphatic rings. The lowest BCUT2D eigenvalue weighted by molar-refractivity contribution is 0.0943. The van der Waals surface area contributed by atoms with Crippen LogP contribution >= 0.6 is 0 Å². The van der Waals surface area contributed by atoms with Gasteiger partial charge in [0.2, 0.25) is 0 Å². The van der Waals surface area contributed by atoms with Crippen LogP contribution in [0.5, 0.6) is 0 Å². The monoisotopic (exact) mass is 250 g/mol. The van der Waals surface area contributed by atoms with Gasteiger partial charge in [0.1, 0.15) is 5.82 Å². The maximum atomic E-state index is 13.5. The smallest absolute Gasteiger partial charge is 0.254 e. The van der Waals surface area contributed by atoms with Crippen LogP contribution in [0.2, 0.25) is 0 Å². The van der Waals surface area contributed by atoms with Crippen molar-refractivity contribution in [3.63, 3.8) is 0 Å². The number of halogens is 1. The molecule has 0 radical (unpaired) electrons. The lowest BCUT2D eigenvalue weighted by Crippen LogP contribution is -2.29. The van der Waals surface area contributed by atoms with Crippen molar-refractivity contribution in [3.8, 4) is 0 Å². The van der Waals surface area contributed by atoms with Crippen LogP contribution in [0.15, 0.2) is 18.2 Å². The van der Waals surface area contributed by atoms with E-state index in [-0.39, 0.29) is 17.5 Å². The molecule has 1 aromatic rings. The molecule has 0 bridgehead atoms. The van der Waals surface area contributed by atoms with Crippen LogP contribution in [-0.4, -0.2) is 18.5 Å². The minimum atomic E-state index is -0.471. The molecule has 4 heteroatoms. The van der Waals surface area contributed by atoms with Crippen molar-refractivity contribution >= 4 is 5.91 Å². The van der Waals surface area contributed by atoms with Gasteiger partial charge in [0.25, 0.3) is 5.91 Å². The van der Waals surface area contributed by atoms with E-state index in [0.29, 0.717) is 12.5 Å². The van der Waals surface area contributed by atoms with E-state index < -0.39 is 5.82 Å². The second-order valence-corrected chi connectivity index (χ2v) is 5.13. The standard InChI is InChI=1S/C14H19FN2O/c1-9-2-5-13(15)12(6-9)14(18)17-8-10-3-4-11(16)7-10/h2,5-6,10-11H,3-4,7-8,16H2,1H3,(H,17,18). The Morgan fingerprint density at radius 3 is 2.94 bits per heavy atom. The fourth-order valence-corrected chi connectivity index (χ4v) is 2.44. The van der Waals surface area contributed by atoms with E-state index in [1.54, 1.807) is 12.1 Å². The highest BCUT2D eigenvalue weighted by Crippen LogP contribution is 2.23. The third-order valence-electron chi connectivity index (χ3n) is 3.50. The molecule has 2 atom stereocenters. The van der Waals surface area contributed by atoms with Gasteiger partial charge in [-0.2, -0.15) is 0 Å². The number of benzene rings is 1. The van der Waals surface area contributed by atoms with Gasteiger partial charge in [0.05, 0.1) is 5.56 Å². The highest BCUT2D eigenvalue weighted by atomic mass is 19.1. The molecule has 1 saturated carbocycles. The molecule has 3 nitrogen and oxygen atoms in total. The summed E-state index contributed by atoms with van der Waals surface area (Å²) in [6.45, 7) is 2.42. The van der Waals surface area contributed by atoms with Crippen LogP contribution in [0, 0.1) is 18.7 Å². The third-order valence-corrected chi connectivity index (χ3v) is 3.50. The first-order chi connectivity index (χ1) is 8.56. The van der Waals surface area contributed by atoms with E-state index >= 15 is 0 Å². The molecule has 0 heterocycles. The molecule has 2 unspecified atom stereocenters. The Morgan fingerprint density at radius 2 is 2.28 bits per heavy atom. The quantitative estimate of drug-likeness (QED) is 0.862. The molecule has 0 spiro atoms. The highest BCUT2D eigenvalue weighted by molar-refractivity contribution is 5.94. The summed E-state index contributed by atoms with van der Waals surface area (Å²) in [5, 5.41) is 2.80. The van der Waals surface area contributed by atoms with Crippen molar-refractivity contribution < 1.29 is 9.18 Å². The zero-order valence-corrected chi connectivity index (χ0v) is 10.6. The molecule has 1 fully saturated rings. The van der Waals surface area contributed by atoms with E-state index in [9.17, 15) is 9.18 Å². The summed E-state index contributed by atoms with van der Waals surface area (Å²) in [7, 11) is 0. The van der Waals surface area contributed by atoms with Crippen LogP contribution in [0.25, 0.3) is 0 Å². The van der Waals surface area contributed by atoms with Gasteiger partial charge in [-0.15, -0.1) is 0 Å². The van der Waals surface area contributed by atoms with Crippen molar-refractivity contribution in [1.82, 2.24) is 5.32 Å². The van der Waals surface area contributed by atoms with Gasteiger partial charge in [-0.05, 0) is 44.2 Å². The van der Waals surface area contributed by atoms with Gasteiger partial charge in [-0.1, -0.05) is 11.6 Å². The van der Waals surface area contributed by atoms with Crippen LogP contribution in [-0.2, 0) is 0 Å². The van der Waals surface area contributed by atoms with E-state index in [2.05, 4.69) is 5.32 Å². The van der Waals surface area contributed by atoms with Crippen LogP contribution in [0.3, 0.4) is 0 Å². The minimum absolute atomic E-state index is 0.122. The number of rotatable bonds is 3. The van der Waals surface area contributed by atoms with Crippen molar-refractivity contribution in [2.75, 3.05) is 6.54 Å². The summed E-state index contributed by atoms with van der Waals surface area (Å²) in [5.41, 5.74) is 6.82. The normalized spacial score (nSPS) is 23.1. The molecule has 3 N–H and O–H groups in total. The number of carbonyl (C=O) groups excluding carboxylic acids is 1. The second kappa shape index (κ2) is 5.48. The van der Waals surface area contributed by atoms with E-state index in [1.807, 2.05) is 6.92 Å². The summed E-state index contributed by atoms with van der Waals surface area (Å²) >= 11 is 0. The summed E-state index contributed by atoms with van der Waals surface area (Å²) in [6.07, 6.45) is 2.99.